The maximum absolute atomic E-state index is 13.6. The van der Waals surface area contributed by atoms with Crippen LogP contribution >= 0.6 is 11.6 Å². The number of amides is 2. The number of benzene rings is 2. The SMILES string of the molecule is CN(Cc1cnc2nc(-c3ccc(F)cc3)c(C(=O)N(C)c3ccc(Cl)cc3)n2c1)C(=O)O. The molecule has 4 aromatic rings. The van der Waals surface area contributed by atoms with Crippen molar-refractivity contribution in [2.45, 2.75) is 6.54 Å². The largest absolute Gasteiger partial charge is 0.465 e. The van der Waals surface area contributed by atoms with E-state index in [2.05, 4.69) is 9.97 Å². The zero-order valence-electron chi connectivity index (χ0n) is 17.7. The fourth-order valence-electron chi connectivity index (χ4n) is 3.35. The maximum Gasteiger partial charge on any atom is 0.407 e. The fraction of sp³-hybridized carbons (Fsp3) is 0.130. The molecule has 0 aliphatic rings. The summed E-state index contributed by atoms with van der Waals surface area (Å²) in [6, 6.07) is 12.4. The average molecular weight is 468 g/mol. The molecular weight excluding hydrogens is 449 g/mol. The van der Waals surface area contributed by atoms with Crippen molar-refractivity contribution >= 4 is 35.1 Å². The first kappa shape index (κ1) is 22.2. The fourth-order valence-corrected chi connectivity index (χ4v) is 3.48. The van der Waals surface area contributed by atoms with Crippen molar-refractivity contribution in [1.29, 1.82) is 0 Å². The van der Waals surface area contributed by atoms with Crippen molar-refractivity contribution in [3.8, 4) is 11.3 Å². The topological polar surface area (TPSA) is 91.0 Å². The molecule has 0 aliphatic heterocycles. The molecule has 0 spiro atoms. The minimum atomic E-state index is -1.09. The third-order valence-electron chi connectivity index (χ3n) is 5.12. The van der Waals surface area contributed by atoms with Gasteiger partial charge >= 0.3 is 6.09 Å². The molecule has 0 bridgehead atoms. The van der Waals surface area contributed by atoms with Gasteiger partial charge in [0.25, 0.3) is 5.91 Å². The Labute approximate surface area is 193 Å². The van der Waals surface area contributed by atoms with Crippen molar-refractivity contribution in [3.63, 3.8) is 0 Å². The Morgan fingerprint density at radius 2 is 1.76 bits per heavy atom. The van der Waals surface area contributed by atoms with Gasteiger partial charge < -0.3 is 14.9 Å². The van der Waals surface area contributed by atoms with Gasteiger partial charge in [-0.2, -0.15) is 0 Å². The summed E-state index contributed by atoms with van der Waals surface area (Å²) in [6.45, 7) is 0.0724. The molecule has 2 amide bonds. The number of aromatic nitrogens is 3. The molecule has 0 unspecified atom stereocenters. The van der Waals surface area contributed by atoms with Crippen LogP contribution in [0.1, 0.15) is 16.1 Å². The van der Waals surface area contributed by atoms with Crippen LogP contribution in [0.4, 0.5) is 14.9 Å². The Morgan fingerprint density at radius 1 is 1.09 bits per heavy atom. The molecule has 33 heavy (non-hydrogen) atoms. The van der Waals surface area contributed by atoms with E-state index in [1.807, 2.05) is 0 Å². The molecule has 2 heterocycles. The molecule has 2 aromatic heterocycles. The number of halogens is 2. The van der Waals surface area contributed by atoms with Crippen LogP contribution < -0.4 is 4.90 Å². The van der Waals surface area contributed by atoms with Gasteiger partial charge in [0, 0.05) is 48.3 Å². The Hall–Kier alpha value is -3.98. The first-order chi connectivity index (χ1) is 15.7. The number of hydrogen-bond donors (Lipinski definition) is 1. The van der Waals surface area contributed by atoms with Crippen LogP contribution in [0.15, 0.2) is 60.9 Å². The third-order valence-corrected chi connectivity index (χ3v) is 5.37. The van der Waals surface area contributed by atoms with Crippen molar-refractivity contribution in [2.24, 2.45) is 0 Å². The first-order valence-electron chi connectivity index (χ1n) is 9.85. The summed E-state index contributed by atoms with van der Waals surface area (Å²) in [5.74, 6) is -0.538. The maximum atomic E-state index is 13.6. The van der Waals surface area contributed by atoms with Crippen LogP contribution in [-0.2, 0) is 6.54 Å². The lowest BCUT2D eigenvalue weighted by atomic mass is 10.1. The van der Waals surface area contributed by atoms with E-state index in [-0.39, 0.29) is 23.9 Å². The normalized spacial score (nSPS) is 10.9. The molecule has 2 aromatic carbocycles. The minimum absolute atomic E-state index is 0.0724. The van der Waals surface area contributed by atoms with Crippen LogP contribution in [0.2, 0.25) is 5.02 Å². The molecule has 8 nitrogen and oxygen atoms in total. The standard InChI is InChI=1S/C23H19ClFN5O3/c1-28(23(32)33)12-14-11-26-22-27-19(15-3-7-17(25)8-4-15)20(30(22)13-14)21(31)29(2)18-9-5-16(24)6-10-18/h3-11,13H,12H2,1-2H3,(H,32,33). The molecule has 4 rings (SSSR count). The molecule has 0 saturated carbocycles. The highest BCUT2D eigenvalue weighted by Gasteiger charge is 2.25. The van der Waals surface area contributed by atoms with Crippen molar-refractivity contribution < 1.29 is 19.1 Å². The molecule has 10 heteroatoms. The lowest BCUT2D eigenvalue weighted by Gasteiger charge is -2.18. The summed E-state index contributed by atoms with van der Waals surface area (Å²) in [5, 5.41) is 9.72. The Bertz CT molecular complexity index is 1340. The smallest absolute Gasteiger partial charge is 0.407 e. The summed E-state index contributed by atoms with van der Waals surface area (Å²) >= 11 is 5.97. The second-order valence-electron chi connectivity index (χ2n) is 7.43. The number of carbonyl (C=O) groups excluding carboxylic acids is 1. The van der Waals surface area contributed by atoms with E-state index in [0.29, 0.717) is 27.5 Å². The van der Waals surface area contributed by atoms with Gasteiger partial charge in [-0.1, -0.05) is 11.6 Å². The first-order valence-corrected chi connectivity index (χ1v) is 10.2. The zero-order valence-corrected chi connectivity index (χ0v) is 18.5. The highest BCUT2D eigenvalue weighted by molar-refractivity contribution is 6.30. The van der Waals surface area contributed by atoms with Crippen LogP contribution in [0, 0.1) is 5.82 Å². The van der Waals surface area contributed by atoms with Crippen LogP contribution in [0.3, 0.4) is 0 Å². The summed E-state index contributed by atoms with van der Waals surface area (Å²) in [7, 11) is 3.06. The van der Waals surface area contributed by atoms with Gasteiger partial charge in [-0.05, 0) is 48.5 Å². The number of nitrogens with zero attached hydrogens (tertiary/aromatic N) is 5. The second kappa shape index (κ2) is 8.87. The monoisotopic (exact) mass is 467 g/mol. The predicted molar refractivity (Wildman–Crippen MR) is 122 cm³/mol. The van der Waals surface area contributed by atoms with Crippen molar-refractivity contribution in [1.82, 2.24) is 19.3 Å². The van der Waals surface area contributed by atoms with Gasteiger partial charge in [-0.25, -0.2) is 19.2 Å². The van der Waals surface area contributed by atoms with E-state index < -0.39 is 11.9 Å². The van der Waals surface area contributed by atoms with Gasteiger partial charge in [0.15, 0.2) is 0 Å². The number of carbonyl (C=O) groups is 2. The van der Waals surface area contributed by atoms with E-state index in [9.17, 15) is 19.1 Å². The number of anilines is 1. The Morgan fingerprint density at radius 3 is 2.39 bits per heavy atom. The predicted octanol–water partition coefficient (Wildman–Crippen LogP) is 4.58. The number of imidazole rings is 1. The molecule has 0 atom stereocenters. The molecule has 0 saturated heterocycles. The zero-order chi connectivity index (χ0) is 23.7. The molecule has 0 radical (unpaired) electrons. The van der Waals surface area contributed by atoms with Crippen molar-refractivity contribution in [3.05, 3.63) is 83.0 Å². The lowest BCUT2D eigenvalue weighted by Crippen LogP contribution is -2.28. The number of carboxylic acid groups (broad SMARTS) is 1. The van der Waals surface area contributed by atoms with E-state index in [4.69, 9.17) is 11.6 Å². The number of rotatable bonds is 5. The van der Waals surface area contributed by atoms with Gasteiger partial charge in [-0.15, -0.1) is 0 Å². The van der Waals surface area contributed by atoms with Crippen molar-refractivity contribution in [2.75, 3.05) is 19.0 Å². The molecule has 168 valence electrons. The van der Waals surface area contributed by atoms with E-state index >= 15 is 0 Å². The Balaban J connectivity index is 1.86. The van der Waals surface area contributed by atoms with Crippen LogP contribution in [-0.4, -0.2) is 50.5 Å². The lowest BCUT2D eigenvalue weighted by molar-refractivity contribution is 0.0988. The van der Waals surface area contributed by atoms with E-state index in [0.717, 1.165) is 4.90 Å². The molecule has 0 aliphatic carbocycles. The summed E-state index contributed by atoms with van der Waals surface area (Å²) < 4.78 is 15.0. The number of hydrogen-bond acceptors (Lipinski definition) is 4. The summed E-state index contributed by atoms with van der Waals surface area (Å²) in [4.78, 5) is 36.2. The quantitative estimate of drug-likeness (QED) is 0.464. The van der Waals surface area contributed by atoms with Gasteiger partial charge in [0.2, 0.25) is 5.78 Å². The highest BCUT2D eigenvalue weighted by atomic mass is 35.5. The molecular formula is C23H19ClFN5O3. The van der Waals surface area contributed by atoms with Crippen LogP contribution in [0.5, 0.6) is 0 Å². The molecule has 0 fully saturated rings. The molecule has 1 N–H and O–H groups in total. The highest BCUT2D eigenvalue weighted by Crippen LogP contribution is 2.27. The average Bonchev–Trinajstić information content (AvgIpc) is 3.17. The summed E-state index contributed by atoms with van der Waals surface area (Å²) in [6.07, 6.45) is 2.05. The van der Waals surface area contributed by atoms with Gasteiger partial charge in [-0.3, -0.25) is 9.20 Å². The third kappa shape index (κ3) is 4.49. The van der Waals surface area contributed by atoms with E-state index in [1.165, 1.54) is 46.8 Å². The summed E-state index contributed by atoms with van der Waals surface area (Å²) in [5.41, 5.74) is 2.26. The van der Waals surface area contributed by atoms with Crippen LogP contribution in [0.25, 0.3) is 17.0 Å². The van der Waals surface area contributed by atoms with E-state index in [1.54, 1.807) is 37.5 Å². The minimum Gasteiger partial charge on any atom is -0.465 e. The number of fused-ring (bicyclic) bond motifs is 1. The van der Waals surface area contributed by atoms with Gasteiger partial charge in [0.1, 0.15) is 17.2 Å². The second-order valence-corrected chi connectivity index (χ2v) is 7.86. The van der Waals surface area contributed by atoms with Gasteiger partial charge in [0.05, 0.1) is 6.54 Å². The Kier molecular flexibility index (Phi) is 5.97.